The fourth-order valence-electron chi connectivity index (χ4n) is 4.35. The summed E-state index contributed by atoms with van der Waals surface area (Å²) in [5.74, 6) is 1.67. The van der Waals surface area contributed by atoms with E-state index < -0.39 is 5.41 Å². The van der Waals surface area contributed by atoms with Crippen molar-refractivity contribution in [1.29, 1.82) is 0 Å². The summed E-state index contributed by atoms with van der Waals surface area (Å²) >= 11 is 0. The first kappa shape index (κ1) is 19.1. The summed E-state index contributed by atoms with van der Waals surface area (Å²) in [4.78, 5) is 29.8. The molecule has 1 atom stereocenters. The molecule has 0 aliphatic carbocycles. The van der Waals surface area contributed by atoms with Crippen LogP contribution in [0.1, 0.15) is 22.3 Å². The second-order valence-electron chi connectivity index (χ2n) is 7.41. The molecule has 0 saturated carbocycles. The molecule has 2 aliphatic rings. The minimum absolute atomic E-state index is 0.0132. The van der Waals surface area contributed by atoms with Gasteiger partial charge in [0.2, 0.25) is 5.91 Å². The van der Waals surface area contributed by atoms with E-state index in [1.54, 1.807) is 56.4 Å². The SMILES string of the molecule is COc1cc(OC)cc(C(=O)N2CC[C@@]3(C2)C(=O)N(C)c2ccc(OC)cc23)c1. The topological polar surface area (TPSA) is 68.3 Å². The van der Waals surface area contributed by atoms with E-state index in [1.165, 1.54) is 0 Å². The number of methoxy groups -OCH3 is 3. The third-order valence-corrected chi connectivity index (χ3v) is 5.95. The molecule has 152 valence electrons. The highest BCUT2D eigenvalue weighted by Gasteiger charge is 2.54. The molecule has 1 saturated heterocycles. The Labute approximate surface area is 169 Å². The van der Waals surface area contributed by atoms with Gasteiger partial charge >= 0.3 is 0 Å². The summed E-state index contributed by atoms with van der Waals surface area (Å²) in [7, 11) is 6.48. The fraction of sp³-hybridized carbons (Fsp3) is 0.364. The number of ether oxygens (including phenoxy) is 3. The summed E-state index contributed by atoms with van der Waals surface area (Å²) in [5, 5.41) is 0. The lowest BCUT2D eigenvalue weighted by Gasteiger charge is -2.24. The largest absolute Gasteiger partial charge is 0.497 e. The molecule has 0 radical (unpaired) electrons. The van der Waals surface area contributed by atoms with E-state index in [9.17, 15) is 9.59 Å². The maximum atomic E-state index is 13.2. The van der Waals surface area contributed by atoms with Gasteiger partial charge in [0.1, 0.15) is 17.2 Å². The number of rotatable bonds is 4. The summed E-state index contributed by atoms with van der Waals surface area (Å²) < 4.78 is 15.9. The molecule has 0 unspecified atom stereocenters. The second kappa shape index (κ2) is 6.99. The standard InChI is InChI=1S/C22H24N2O5/c1-23-19-6-5-15(27-2)12-18(19)22(21(23)26)7-8-24(13-22)20(25)14-9-16(28-3)11-17(10-14)29-4/h5-6,9-12H,7-8,13H2,1-4H3/t22-/m0/s1. The Morgan fingerprint density at radius 3 is 2.24 bits per heavy atom. The van der Waals surface area contributed by atoms with Crippen LogP contribution in [0.2, 0.25) is 0 Å². The molecule has 7 nitrogen and oxygen atoms in total. The quantitative estimate of drug-likeness (QED) is 0.794. The minimum atomic E-state index is -0.739. The number of anilines is 1. The van der Waals surface area contributed by atoms with Crippen molar-refractivity contribution in [2.75, 3.05) is 46.4 Å². The summed E-state index contributed by atoms with van der Waals surface area (Å²) in [6.07, 6.45) is 0.573. The number of carbonyl (C=O) groups is 2. The summed E-state index contributed by atoms with van der Waals surface area (Å²) in [6, 6.07) is 10.8. The lowest BCUT2D eigenvalue weighted by atomic mass is 9.81. The lowest BCUT2D eigenvalue weighted by molar-refractivity contribution is -0.122. The molecular formula is C22H24N2O5. The van der Waals surface area contributed by atoms with Gasteiger partial charge in [0.15, 0.2) is 0 Å². The summed E-state index contributed by atoms with van der Waals surface area (Å²) in [5.41, 5.74) is 1.52. The lowest BCUT2D eigenvalue weighted by Crippen LogP contribution is -2.42. The highest BCUT2D eigenvalue weighted by molar-refractivity contribution is 6.09. The van der Waals surface area contributed by atoms with Crippen molar-refractivity contribution in [3.05, 3.63) is 47.5 Å². The van der Waals surface area contributed by atoms with E-state index in [-0.39, 0.29) is 11.8 Å². The molecule has 2 aliphatic heterocycles. The Hall–Kier alpha value is -3.22. The number of nitrogens with zero attached hydrogens (tertiary/aromatic N) is 2. The Balaban J connectivity index is 1.68. The van der Waals surface area contributed by atoms with Gasteiger partial charge in [-0.05, 0) is 42.3 Å². The van der Waals surface area contributed by atoms with Crippen molar-refractivity contribution >= 4 is 17.5 Å². The number of carbonyl (C=O) groups excluding carboxylic acids is 2. The molecule has 1 fully saturated rings. The van der Waals surface area contributed by atoms with Gasteiger partial charge in [0, 0.05) is 37.5 Å². The van der Waals surface area contributed by atoms with Gasteiger partial charge in [-0.2, -0.15) is 0 Å². The normalized spacial score (nSPS) is 20.2. The molecule has 1 spiro atoms. The van der Waals surface area contributed by atoms with E-state index in [0.717, 1.165) is 11.3 Å². The van der Waals surface area contributed by atoms with Gasteiger partial charge in [-0.15, -0.1) is 0 Å². The number of hydrogen-bond acceptors (Lipinski definition) is 5. The van der Waals surface area contributed by atoms with Gasteiger partial charge in [0.05, 0.1) is 26.7 Å². The van der Waals surface area contributed by atoms with Crippen LogP contribution in [0.25, 0.3) is 0 Å². The molecule has 7 heteroatoms. The Morgan fingerprint density at radius 2 is 1.62 bits per heavy atom. The van der Waals surface area contributed by atoms with E-state index in [0.29, 0.717) is 42.3 Å². The van der Waals surface area contributed by atoms with E-state index >= 15 is 0 Å². The van der Waals surface area contributed by atoms with Gasteiger partial charge < -0.3 is 24.0 Å². The van der Waals surface area contributed by atoms with Gasteiger partial charge in [-0.3, -0.25) is 9.59 Å². The third kappa shape index (κ3) is 2.88. The van der Waals surface area contributed by atoms with Crippen LogP contribution < -0.4 is 19.1 Å². The van der Waals surface area contributed by atoms with Crippen molar-refractivity contribution < 1.29 is 23.8 Å². The van der Waals surface area contributed by atoms with Crippen molar-refractivity contribution in [2.45, 2.75) is 11.8 Å². The van der Waals surface area contributed by atoms with Crippen LogP contribution in [-0.2, 0) is 10.2 Å². The number of likely N-dealkylation sites (N-methyl/N-ethyl adjacent to an activating group) is 1. The molecule has 0 aromatic heterocycles. The molecule has 4 rings (SSSR count). The molecule has 0 bridgehead atoms. The molecular weight excluding hydrogens is 372 g/mol. The van der Waals surface area contributed by atoms with Crippen molar-refractivity contribution in [1.82, 2.24) is 4.90 Å². The number of benzene rings is 2. The van der Waals surface area contributed by atoms with E-state index in [1.807, 2.05) is 18.2 Å². The van der Waals surface area contributed by atoms with Crippen molar-refractivity contribution in [2.24, 2.45) is 0 Å². The Kier molecular flexibility index (Phi) is 4.61. The first-order valence-corrected chi connectivity index (χ1v) is 9.42. The number of amides is 2. The number of hydrogen-bond donors (Lipinski definition) is 0. The zero-order valence-corrected chi connectivity index (χ0v) is 17.0. The van der Waals surface area contributed by atoms with Crippen LogP contribution in [0.4, 0.5) is 5.69 Å². The molecule has 29 heavy (non-hydrogen) atoms. The Bertz CT molecular complexity index is 967. The van der Waals surface area contributed by atoms with Crippen LogP contribution in [0.3, 0.4) is 0 Å². The zero-order valence-electron chi connectivity index (χ0n) is 17.0. The maximum Gasteiger partial charge on any atom is 0.254 e. The molecule has 2 amide bonds. The number of likely N-dealkylation sites (tertiary alicyclic amines) is 1. The second-order valence-corrected chi connectivity index (χ2v) is 7.41. The zero-order chi connectivity index (χ0) is 20.8. The average Bonchev–Trinajstić information content (AvgIpc) is 3.30. The first-order valence-electron chi connectivity index (χ1n) is 9.42. The average molecular weight is 396 g/mol. The van der Waals surface area contributed by atoms with E-state index in [4.69, 9.17) is 14.2 Å². The molecule has 2 aromatic carbocycles. The predicted octanol–water partition coefficient (Wildman–Crippen LogP) is 2.47. The Morgan fingerprint density at radius 1 is 0.966 bits per heavy atom. The van der Waals surface area contributed by atoms with Gasteiger partial charge in [-0.25, -0.2) is 0 Å². The highest BCUT2D eigenvalue weighted by Crippen LogP contribution is 2.48. The third-order valence-electron chi connectivity index (χ3n) is 5.95. The van der Waals surface area contributed by atoms with Crippen LogP contribution in [-0.4, -0.2) is 58.2 Å². The fourth-order valence-corrected chi connectivity index (χ4v) is 4.35. The summed E-state index contributed by atoms with van der Waals surface area (Å²) in [6.45, 7) is 0.823. The molecule has 2 heterocycles. The van der Waals surface area contributed by atoms with Crippen LogP contribution in [0.5, 0.6) is 17.2 Å². The maximum absolute atomic E-state index is 13.2. The minimum Gasteiger partial charge on any atom is -0.497 e. The van der Waals surface area contributed by atoms with Gasteiger partial charge in [-0.1, -0.05) is 0 Å². The number of fused-ring (bicyclic) bond motifs is 2. The molecule has 0 N–H and O–H groups in total. The molecule has 2 aromatic rings. The van der Waals surface area contributed by atoms with Crippen molar-refractivity contribution in [3.63, 3.8) is 0 Å². The van der Waals surface area contributed by atoms with Crippen LogP contribution in [0.15, 0.2) is 36.4 Å². The van der Waals surface area contributed by atoms with Crippen LogP contribution in [0, 0.1) is 0 Å². The van der Waals surface area contributed by atoms with E-state index in [2.05, 4.69) is 0 Å². The monoisotopic (exact) mass is 396 g/mol. The highest BCUT2D eigenvalue weighted by atomic mass is 16.5. The predicted molar refractivity (Wildman–Crippen MR) is 108 cm³/mol. The van der Waals surface area contributed by atoms with Gasteiger partial charge in [0.25, 0.3) is 5.91 Å². The van der Waals surface area contributed by atoms with Crippen molar-refractivity contribution in [3.8, 4) is 17.2 Å². The smallest absolute Gasteiger partial charge is 0.254 e. The first-order chi connectivity index (χ1) is 13.9. The van der Waals surface area contributed by atoms with Crippen LogP contribution >= 0.6 is 0 Å².